The van der Waals surface area contributed by atoms with Gasteiger partial charge >= 0.3 is 0 Å². The van der Waals surface area contributed by atoms with Crippen LogP contribution in [0.2, 0.25) is 0 Å². The molecule has 4 aromatic rings. The monoisotopic (exact) mass is 367 g/mol. The van der Waals surface area contributed by atoms with Crippen LogP contribution in [0.1, 0.15) is 27.3 Å². The van der Waals surface area contributed by atoms with Crippen molar-refractivity contribution in [1.29, 1.82) is 0 Å². The van der Waals surface area contributed by atoms with Gasteiger partial charge in [-0.15, -0.1) is 0 Å². The van der Waals surface area contributed by atoms with Gasteiger partial charge in [0.2, 0.25) is 0 Å². The molecule has 5 nitrogen and oxygen atoms in total. The summed E-state index contributed by atoms with van der Waals surface area (Å²) in [5.74, 6) is 0.877. The van der Waals surface area contributed by atoms with Crippen molar-refractivity contribution in [2.45, 2.75) is 13.3 Å². The fraction of sp³-hybridized carbons (Fsp3) is 0.0870. The van der Waals surface area contributed by atoms with E-state index in [9.17, 15) is 4.79 Å². The summed E-state index contributed by atoms with van der Waals surface area (Å²) in [6.45, 7) is 1.77. The zero-order valence-corrected chi connectivity index (χ0v) is 15.3. The minimum Gasteiger partial charge on any atom is -0.334 e. The van der Waals surface area contributed by atoms with Gasteiger partial charge in [-0.25, -0.2) is 0 Å². The van der Waals surface area contributed by atoms with Crippen molar-refractivity contribution in [3.63, 3.8) is 0 Å². The molecular formula is C23H17N3O2. The molecule has 3 aromatic carbocycles. The highest BCUT2D eigenvalue weighted by atomic mass is 16.5. The summed E-state index contributed by atoms with van der Waals surface area (Å²) < 4.78 is 5.15. The number of hydrogen-bond acceptors (Lipinski definition) is 4. The molecule has 0 atom stereocenters. The van der Waals surface area contributed by atoms with Crippen LogP contribution in [0, 0.1) is 6.92 Å². The molecule has 0 radical (unpaired) electrons. The topological polar surface area (TPSA) is 68.0 Å². The zero-order valence-electron chi connectivity index (χ0n) is 15.3. The molecule has 0 spiro atoms. The van der Waals surface area contributed by atoms with E-state index in [4.69, 9.17) is 4.52 Å². The number of aryl methyl sites for hydroxylation is 1. The van der Waals surface area contributed by atoms with Gasteiger partial charge in [0, 0.05) is 16.8 Å². The van der Waals surface area contributed by atoms with Crippen molar-refractivity contribution in [2.75, 3.05) is 5.32 Å². The molecule has 136 valence electrons. The van der Waals surface area contributed by atoms with Gasteiger partial charge in [-0.3, -0.25) is 4.79 Å². The van der Waals surface area contributed by atoms with E-state index >= 15 is 0 Å². The second kappa shape index (κ2) is 6.46. The van der Waals surface area contributed by atoms with Gasteiger partial charge in [-0.1, -0.05) is 35.5 Å². The van der Waals surface area contributed by atoms with E-state index in [-0.39, 0.29) is 5.91 Å². The maximum Gasteiger partial charge on any atom is 0.257 e. The van der Waals surface area contributed by atoms with E-state index in [0.717, 1.165) is 17.7 Å². The maximum atomic E-state index is 12.6. The van der Waals surface area contributed by atoms with Crippen molar-refractivity contribution in [3.05, 3.63) is 89.2 Å². The predicted molar refractivity (Wildman–Crippen MR) is 107 cm³/mol. The highest BCUT2D eigenvalue weighted by molar-refractivity contribution is 6.04. The Labute approximate surface area is 162 Å². The Morgan fingerprint density at radius 3 is 2.54 bits per heavy atom. The van der Waals surface area contributed by atoms with Crippen LogP contribution in [0.3, 0.4) is 0 Å². The number of benzene rings is 3. The summed E-state index contributed by atoms with van der Waals surface area (Å²) in [7, 11) is 0. The van der Waals surface area contributed by atoms with Gasteiger partial charge in [0.05, 0.1) is 0 Å². The number of hydrogen-bond donors (Lipinski definition) is 1. The smallest absolute Gasteiger partial charge is 0.257 e. The predicted octanol–water partition coefficient (Wildman–Crippen LogP) is 4.87. The minimum atomic E-state index is -0.149. The summed E-state index contributed by atoms with van der Waals surface area (Å²) in [6.07, 6.45) is 0.896. The molecule has 0 aliphatic heterocycles. The lowest BCUT2D eigenvalue weighted by molar-refractivity contribution is 0.102. The molecular weight excluding hydrogens is 350 g/mol. The number of rotatable bonds is 3. The number of carbonyl (C=O) groups excluding carboxylic acids is 1. The third-order valence-electron chi connectivity index (χ3n) is 4.97. The lowest BCUT2D eigenvalue weighted by atomic mass is 10.1. The summed E-state index contributed by atoms with van der Waals surface area (Å²) in [6, 6.07) is 21.6. The van der Waals surface area contributed by atoms with Crippen LogP contribution in [0.5, 0.6) is 0 Å². The Balaban J connectivity index is 1.34. The fourth-order valence-corrected chi connectivity index (χ4v) is 3.60. The van der Waals surface area contributed by atoms with E-state index in [0.29, 0.717) is 17.3 Å². The number of carbonyl (C=O) groups is 1. The summed E-state index contributed by atoms with van der Waals surface area (Å²) >= 11 is 0. The molecule has 1 N–H and O–H groups in total. The molecule has 0 saturated heterocycles. The quantitative estimate of drug-likeness (QED) is 0.494. The van der Waals surface area contributed by atoms with E-state index in [1.165, 1.54) is 22.3 Å². The van der Waals surface area contributed by atoms with Gasteiger partial charge in [0.15, 0.2) is 5.82 Å². The summed E-state index contributed by atoms with van der Waals surface area (Å²) in [5, 5.41) is 6.77. The Hall–Kier alpha value is -3.73. The van der Waals surface area contributed by atoms with Crippen LogP contribution in [0.25, 0.3) is 22.6 Å². The van der Waals surface area contributed by atoms with Gasteiger partial charge in [0.25, 0.3) is 11.8 Å². The van der Waals surface area contributed by atoms with Gasteiger partial charge in [-0.05, 0) is 72.0 Å². The number of nitrogens with one attached hydrogen (secondary N) is 1. The third-order valence-corrected chi connectivity index (χ3v) is 4.97. The first kappa shape index (κ1) is 16.4. The number of aromatic nitrogens is 2. The Kier molecular flexibility index (Phi) is 3.79. The minimum absolute atomic E-state index is 0.149. The molecule has 1 aromatic heterocycles. The van der Waals surface area contributed by atoms with Crippen LogP contribution in [-0.2, 0) is 6.42 Å². The van der Waals surface area contributed by atoms with Gasteiger partial charge < -0.3 is 9.84 Å². The first-order valence-corrected chi connectivity index (χ1v) is 9.11. The number of anilines is 1. The zero-order chi connectivity index (χ0) is 19.1. The lowest BCUT2D eigenvalue weighted by Gasteiger charge is -2.08. The normalized spacial score (nSPS) is 11.8. The lowest BCUT2D eigenvalue weighted by Crippen LogP contribution is -2.11. The summed E-state index contributed by atoms with van der Waals surface area (Å²) in [4.78, 5) is 16.8. The number of nitrogens with zero attached hydrogens (tertiary/aromatic N) is 2. The number of fused-ring (bicyclic) bond motifs is 3. The Morgan fingerprint density at radius 2 is 1.75 bits per heavy atom. The molecule has 1 heterocycles. The average molecular weight is 367 g/mol. The van der Waals surface area contributed by atoms with Crippen LogP contribution in [0.15, 0.2) is 71.3 Å². The maximum absolute atomic E-state index is 12.6. The molecule has 5 heteroatoms. The Bertz CT molecular complexity index is 1190. The average Bonchev–Trinajstić information content (AvgIpc) is 3.31. The molecule has 0 fully saturated rings. The first-order chi connectivity index (χ1) is 13.7. The van der Waals surface area contributed by atoms with Gasteiger partial charge in [-0.2, -0.15) is 4.98 Å². The van der Waals surface area contributed by atoms with E-state index in [1.54, 1.807) is 31.2 Å². The molecule has 1 aliphatic carbocycles. The van der Waals surface area contributed by atoms with Crippen LogP contribution in [0.4, 0.5) is 5.69 Å². The van der Waals surface area contributed by atoms with Crippen LogP contribution >= 0.6 is 0 Å². The van der Waals surface area contributed by atoms with Gasteiger partial charge in [0.1, 0.15) is 0 Å². The highest BCUT2D eigenvalue weighted by Crippen LogP contribution is 2.37. The van der Waals surface area contributed by atoms with E-state index in [2.05, 4.69) is 51.9 Å². The van der Waals surface area contributed by atoms with Crippen molar-refractivity contribution in [3.8, 4) is 22.6 Å². The standard InChI is InChI=1S/C23H17N3O2/c1-14-24-23(28-26-14)16-8-6-15(7-9-16)22(27)25-19-10-11-21-18(13-19)12-17-4-2-3-5-20(17)21/h2-11,13H,12H2,1H3,(H,25,27). The van der Waals surface area contributed by atoms with Crippen molar-refractivity contribution in [2.24, 2.45) is 0 Å². The highest BCUT2D eigenvalue weighted by Gasteiger charge is 2.18. The fourth-order valence-electron chi connectivity index (χ4n) is 3.60. The van der Waals surface area contributed by atoms with E-state index < -0.39 is 0 Å². The SMILES string of the molecule is Cc1noc(-c2ccc(C(=O)Nc3ccc4c(c3)Cc3ccccc3-4)cc2)n1. The second-order valence-corrected chi connectivity index (χ2v) is 6.88. The van der Waals surface area contributed by atoms with E-state index in [1.807, 2.05) is 6.07 Å². The van der Waals surface area contributed by atoms with Crippen LogP contribution < -0.4 is 5.32 Å². The Morgan fingerprint density at radius 1 is 0.964 bits per heavy atom. The molecule has 5 rings (SSSR count). The largest absolute Gasteiger partial charge is 0.334 e. The third kappa shape index (κ3) is 2.87. The molecule has 1 aliphatic rings. The molecule has 0 bridgehead atoms. The van der Waals surface area contributed by atoms with Crippen molar-refractivity contribution < 1.29 is 9.32 Å². The van der Waals surface area contributed by atoms with Crippen molar-refractivity contribution >= 4 is 11.6 Å². The second-order valence-electron chi connectivity index (χ2n) is 6.88. The molecule has 0 saturated carbocycles. The molecule has 28 heavy (non-hydrogen) atoms. The van der Waals surface area contributed by atoms with Crippen molar-refractivity contribution in [1.82, 2.24) is 10.1 Å². The molecule has 1 amide bonds. The number of amides is 1. The molecule has 0 unspecified atom stereocenters. The first-order valence-electron chi connectivity index (χ1n) is 9.11. The summed E-state index contributed by atoms with van der Waals surface area (Å²) in [5.41, 5.74) is 7.24. The van der Waals surface area contributed by atoms with Crippen LogP contribution in [-0.4, -0.2) is 16.0 Å².